The Hall–Kier alpha value is -1.04. The average Bonchev–Trinajstić information content (AvgIpc) is 3.35. The highest BCUT2D eigenvalue weighted by Gasteiger charge is 2.84. The Morgan fingerprint density at radius 2 is 1.93 bits per heavy atom. The number of hydrogen-bond acceptors (Lipinski definition) is 5. The van der Waals surface area contributed by atoms with E-state index in [9.17, 15) is 10.2 Å². The molecular formula is C23H32N2O3. The van der Waals surface area contributed by atoms with Crippen molar-refractivity contribution in [2.75, 3.05) is 0 Å². The lowest BCUT2D eigenvalue weighted by Gasteiger charge is -2.61. The lowest BCUT2D eigenvalue weighted by Crippen LogP contribution is -2.61. The summed E-state index contributed by atoms with van der Waals surface area (Å²) in [6.07, 6.45) is 11.7. The first-order valence-electron chi connectivity index (χ1n) is 11.2. The maximum atomic E-state index is 12.0. The molecule has 1 saturated heterocycles. The van der Waals surface area contributed by atoms with Gasteiger partial charge < -0.3 is 14.9 Å². The van der Waals surface area contributed by atoms with Crippen LogP contribution in [-0.2, 0) is 10.3 Å². The molecule has 9 atom stereocenters. The van der Waals surface area contributed by atoms with Gasteiger partial charge in [0.1, 0.15) is 11.2 Å². The van der Waals surface area contributed by atoms with Gasteiger partial charge in [-0.2, -0.15) is 10.2 Å². The minimum Gasteiger partial charge on any atom is -0.393 e. The molecule has 4 aliphatic carbocycles. The second kappa shape index (κ2) is 5.35. The van der Waals surface area contributed by atoms with Gasteiger partial charge in [-0.25, -0.2) is 0 Å². The van der Waals surface area contributed by atoms with Crippen LogP contribution >= 0.6 is 0 Å². The lowest BCUT2D eigenvalue weighted by molar-refractivity contribution is -0.193. The van der Waals surface area contributed by atoms with E-state index in [0.29, 0.717) is 29.6 Å². The fourth-order valence-corrected chi connectivity index (χ4v) is 8.67. The highest BCUT2D eigenvalue weighted by molar-refractivity contribution is 5.37. The molecule has 0 aromatic carbocycles. The number of hydrogen-bond donors (Lipinski definition) is 2. The summed E-state index contributed by atoms with van der Waals surface area (Å²) in [5, 5.41) is 30.2. The zero-order valence-electron chi connectivity index (χ0n) is 17.0. The van der Waals surface area contributed by atoms with Crippen molar-refractivity contribution in [3.63, 3.8) is 0 Å². The van der Waals surface area contributed by atoms with E-state index in [-0.39, 0.29) is 23.2 Å². The van der Waals surface area contributed by atoms with Crippen molar-refractivity contribution in [3.8, 4) is 0 Å². The molecule has 1 aromatic heterocycles. The summed E-state index contributed by atoms with van der Waals surface area (Å²) in [7, 11) is 0. The lowest BCUT2D eigenvalue weighted by atomic mass is 9.43. The van der Waals surface area contributed by atoms with Crippen molar-refractivity contribution in [3.05, 3.63) is 24.0 Å². The topological polar surface area (TPSA) is 78.8 Å². The zero-order valence-corrected chi connectivity index (χ0v) is 17.0. The standard InChI is InChI=1S/C23H32N2O3/c1-20-8-5-16(26)11-14(20)3-4-18-17(20)6-9-21(2)22(27,12-19-23(18,21)28-19)15-7-10-24-25-13-15/h7,10,13-14,16-19,26-27H,3-6,8-9,11-12H2,1-2H3/t14-,16+,17?,18?,19-,20+,21-,22+,23?/m1/s1. The van der Waals surface area contributed by atoms with Crippen LogP contribution in [0.3, 0.4) is 0 Å². The van der Waals surface area contributed by atoms with E-state index in [1.165, 1.54) is 12.8 Å². The summed E-state index contributed by atoms with van der Waals surface area (Å²) < 4.78 is 6.53. The van der Waals surface area contributed by atoms with Gasteiger partial charge in [-0.05, 0) is 74.2 Å². The molecule has 4 saturated carbocycles. The number of fused-ring (bicyclic) bond motifs is 3. The van der Waals surface area contributed by atoms with Crippen molar-refractivity contribution < 1.29 is 14.9 Å². The van der Waals surface area contributed by atoms with Crippen LogP contribution in [0.5, 0.6) is 0 Å². The van der Waals surface area contributed by atoms with E-state index in [4.69, 9.17) is 4.74 Å². The van der Waals surface area contributed by atoms with E-state index in [2.05, 4.69) is 24.0 Å². The van der Waals surface area contributed by atoms with Crippen LogP contribution in [0.2, 0.25) is 0 Å². The van der Waals surface area contributed by atoms with Crippen LogP contribution in [0.4, 0.5) is 0 Å². The number of aliphatic hydroxyl groups is 2. The fraction of sp³-hybridized carbons (Fsp3) is 0.826. The molecule has 1 aliphatic heterocycles. The molecule has 5 nitrogen and oxygen atoms in total. The molecule has 3 unspecified atom stereocenters. The number of aliphatic hydroxyl groups excluding tert-OH is 1. The van der Waals surface area contributed by atoms with Crippen molar-refractivity contribution in [1.82, 2.24) is 10.2 Å². The maximum Gasteiger partial charge on any atom is 0.106 e. The first kappa shape index (κ1) is 17.8. The van der Waals surface area contributed by atoms with Gasteiger partial charge in [0.05, 0.1) is 18.4 Å². The Balaban J connectivity index is 1.39. The fourth-order valence-electron chi connectivity index (χ4n) is 8.67. The average molecular weight is 385 g/mol. The van der Waals surface area contributed by atoms with Crippen molar-refractivity contribution >= 4 is 0 Å². The Bertz CT molecular complexity index is 804. The van der Waals surface area contributed by atoms with Crippen LogP contribution in [0.1, 0.15) is 70.8 Å². The Morgan fingerprint density at radius 3 is 2.71 bits per heavy atom. The van der Waals surface area contributed by atoms with E-state index >= 15 is 0 Å². The molecule has 5 aliphatic rings. The smallest absolute Gasteiger partial charge is 0.106 e. The summed E-state index contributed by atoms with van der Waals surface area (Å²) in [5.41, 5.74) is -0.116. The SMILES string of the molecule is C[C@]12CCC3C(CC[C@@H]4C[C@@H](O)CC[C@]34C)C13O[C@@H]3C[C@]2(O)c1ccnnc1. The van der Waals surface area contributed by atoms with Gasteiger partial charge in [0.15, 0.2) is 0 Å². The normalized spacial score (nSPS) is 56.9. The third-order valence-electron chi connectivity index (χ3n) is 10.2. The van der Waals surface area contributed by atoms with Gasteiger partial charge in [-0.3, -0.25) is 0 Å². The van der Waals surface area contributed by atoms with E-state index in [1.807, 2.05) is 6.07 Å². The van der Waals surface area contributed by atoms with E-state index in [1.54, 1.807) is 12.4 Å². The summed E-state index contributed by atoms with van der Waals surface area (Å²) >= 11 is 0. The van der Waals surface area contributed by atoms with Crippen LogP contribution in [0, 0.1) is 28.6 Å². The van der Waals surface area contributed by atoms with Crippen LogP contribution in [0.25, 0.3) is 0 Å². The molecular weight excluding hydrogens is 352 g/mol. The summed E-state index contributed by atoms with van der Waals surface area (Å²) in [6, 6.07) is 1.93. The number of ether oxygens (including phenoxy) is 1. The first-order valence-corrected chi connectivity index (χ1v) is 11.2. The van der Waals surface area contributed by atoms with Crippen LogP contribution < -0.4 is 0 Å². The molecule has 0 radical (unpaired) electrons. The minimum atomic E-state index is -0.878. The zero-order chi connectivity index (χ0) is 19.4. The maximum absolute atomic E-state index is 12.0. The van der Waals surface area contributed by atoms with Crippen molar-refractivity contribution in [2.45, 2.75) is 88.6 Å². The highest BCUT2D eigenvalue weighted by atomic mass is 16.6. The van der Waals surface area contributed by atoms with Crippen LogP contribution in [0.15, 0.2) is 18.5 Å². The molecule has 0 amide bonds. The van der Waals surface area contributed by atoms with Gasteiger partial charge >= 0.3 is 0 Å². The first-order chi connectivity index (χ1) is 13.4. The minimum absolute atomic E-state index is 0.109. The highest BCUT2D eigenvalue weighted by Crippen LogP contribution is 2.78. The molecule has 1 spiro atoms. The molecule has 2 N–H and O–H groups in total. The Labute approximate surface area is 166 Å². The number of nitrogens with zero attached hydrogens (tertiary/aromatic N) is 2. The molecule has 5 fully saturated rings. The van der Waals surface area contributed by atoms with Gasteiger partial charge in [0, 0.05) is 23.6 Å². The van der Waals surface area contributed by atoms with Gasteiger partial charge in [0.25, 0.3) is 0 Å². The molecule has 28 heavy (non-hydrogen) atoms. The van der Waals surface area contributed by atoms with E-state index < -0.39 is 5.60 Å². The van der Waals surface area contributed by atoms with Crippen molar-refractivity contribution in [1.29, 1.82) is 0 Å². The van der Waals surface area contributed by atoms with E-state index in [0.717, 1.165) is 37.7 Å². The third kappa shape index (κ3) is 1.85. The van der Waals surface area contributed by atoms with Gasteiger partial charge in [-0.15, -0.1) is 0 Å². The second-order valence-corrected chi connectivity index (χ2v) is 10.9. The van der Waals surface area contributed by atoms with Crippen molar-refractivity contribution in [2.24, 2.45) is 28.6 Å². The number of rotatable bonds is 1. The predicted octanol–water partition coefficient (Wildman–Crippen LogP) is 3.20. The monoisotopic (exact) mass is 384 g/mol. The summed E-state index contributed by atoms with van der Waals surface area (Å²) in [6.45, 7) is 4.76. The Kier molecular flexibility index (Phi) is 3.40. The second-order valence-electron chi connectivity index (χ2n) is 10.9. The predicted molar refractivity (Wildman–Crippen MR) is 103 cm³/mol. The molecule has 5 heteroatoms. The Morgan fingerprint density at radius 1 is 1.07 bits per heavy atom. The van der Waals surface area contributed by atoms with Gasteiger partial charge in [-0.1, -0.05) is 13.8 Å². The summed E-state index contributed by atoms with van der Waals surface area (Å²) in [4.78, 5) is 0. The molecule has 0 bridgehead atoms. The summed E-state index contributed by atoms with van der Waals surface area (Å²) in [5.74, 6) is 1.81. The molecule has 1 aromatic rings. The molecule has 2 heterocycles. The quantitative estimate of drug-likeness (QED) is 0.727. The molecule has 152 valence electrons. The molecule has 6 rings (SSSR count). The largest absolute Gasteiger partial charge is 0.393 e. The number of aromatic nitrogens is 2. The third-order valence-corrected chi connectivity index (χ3v) is 10.2. The number of epoxide rings is 1. The van der Waals surface area contributed by atoms with Crippen LogP contribution in [-0.4, -0.2) is 38.2 Å². The van der Waals surface area contributed by atoms with Gasteiger partial charge in [0.2, 0.25) is 0 Å².